The summed E-state index contributed by atoms with van der Waals surface area (Å²) in [5, 5.41) is 8.41. The van der Waals surface area contributed by atoms with Crippen LogP contribution in [0.1, 0.15) is 18.3 Å². The largest absolute Gasteiger partial charge is 0.356 e. The van der Waals surface area contributed by atoms with Crippen molar-refractivity contribution in [2.75, 3.05) is 0 Å². The van der Waals surface area contributed by atoms with Gasteiger partial charge in [-0.2, -0.15) is 5.10 Å². The number of imide groups is 1. The van der Waals surface area contributed by atoms with Crippen molar-refractivity contribution in [3.8, 4) is 11.3 Å². The van der Waals surface area contributed by atoms with Crippen molar-refractivity contribution in [2.45, 2.75) is 26.9 Å². The lowest BCUT2D eigenvalue weighted by Crippen LogP contribution is -2.30. The van der Waals surface area contributed by atoms with Gasteiger partial charge in [0.2, 0.25) is 11.8 Å². The van der Waals surface area contributed by atoms with E-state index in [1.54, 1.807) is 30.4 Å². The predicted molar refractivity (Wildman–Crippen MR) is 89.0 cm³/mol. The smallest absolute Gasteiger partial charge is 0.237 e. The van der Waals surface area contributed by atoms with Crippen LogP contribution >= 0.6 is 0 Å². The summed E-state index contributed by atoms with van der Waals surface area (Å²) >= 11 is 0. The summed E-state index contributed by atoms with van der Waals surface area (Å²) in [7, 11) is 0. The minimum Gasteiger partial charge on any atom is -0.356 e. The zero-order valence-corrected chi connectivity index (χ0v) is 14.0. The van der Waals surface area contributed by atoms with Gasteiger partial charge in [0.05, 0.1) is 29.6 Å². The Labute approximate surface area is 144 Å². The van der Waals surface area contributed by atoms with Crippen LogP contribution in [0.4, 0.5) is 0 Å². The van der Waals surface area contributed by atoms with Gasteiger partial charge in [-0.05, 0) is 13.8 Å². The van der Waals surface area contributed by atoms with Crippen molar-refractivity contribution in [2.24, 2.45) is 11.8 Å². The van der Waals surface area contributed by atoms with Gasteiger partial charge >= 0.3 is 0 Å². The molecule has 2 aromatic heterocycles. The maximum atomic E-state index is 12.5. The molecule has 2 aromatic rings. The van der Waals surface area contributed by atoms with Gasteiger partial charge in [0.25, 0.3) is 0 Å². The number of amides is 2. The molecule has 2 amide bonds. The highest BCUT2D eigenvalue weighted by Gasteiger charge is 2.45. The Balaban J connectivity index is 1.56. The zero-order valence-electron chi connectivity index (χ0n) is 14.0. The van der Waals surface area contributed by atoms with Gasteiger partial charge in [-0.15, -0.1) is 0 Å². The van der Waals surface area contributed by atoms with E-state index < -0.39 is 11.8 Å². The molecule has 25 heavy (non-hydrogen) atoms. The van der Waals surface area contributed by atoms with E-state index in [0.717, 1.165) is 17.8 Å². The highest BCUT2D eigenvalue weighted by Crippen LogP contribution is 2.32. The Morgan fingerprint density at radius 2 is 1.84 bits per heavy atom. The Kier molecular flexibility index (Phi) is 3.63. The third-order valence-electron chi connectivity index (χ3n) is 4.65. The number of hydrogen-bond donors (Lipinski definition) is 0. The molecule has 2 unspecified atom stereocenters. The molecule has 0 aromatic carbocycles. The molecule has 4 rings (SSSR count). The molecule has 2 atom stereocenters. The van der Waals surface area contributed by atoms with Crippen molar-refractivity contribution in [3.05, 3.63) is 48.0 Å². The molecule has 2 aliphatic rings. The van der Waals surface area contributed by atoms with Crippen molar-refractivity contribution < 1.29 is 14.1 Å². The van der Waals surface area contributed by atoms with E-state index in [2.05, 4.69) is 10.3 Å². The number of carbonyl (C=O) groups excluding carboxylic acids is 2. The van der Waals surface area contributed by atoms with Crippen molar-refractivity contribution in [1.29, 1.82) is 0 Å². The number of hydrogen-bond acceptors (Lipinski definition) is 5. The second-order valence-corrected chi connectivity index (χ2v) is 6.25. The molecule has 7 nitrogen and oxygen atoms in total. The van der Waals surface area contributed by atoms with Crippen LogP contribution in [0, 0.1) is 18.8 Å². The number of likely N-dealkylation sites (tertiary alicyclic amines) is 1. The van der Waals surface area contributed by atoms with E-state index in [-0.39, 0.29) is 18.4 Å². The van der Waals surface area contributed by atoms with Crippen LogP contribution in [0.25, 0.3) is 11.3 Å². The van der Waals surface area contributed by atoms with E-state index in [4.69, 9.17) is 4.52 Å². The number of carbonyl (C=O) groups is 2. The van der Waals surface area contributed by atoms with Crippen LogP contribution < -0.4 is 0 Å². The summed E-state index contributed by atoms with van der Waals surface area (Å²) in [6.45, 7) is 4.80. The first-order chi connectivity index (χ1) is 12.1. The van der Waals surface area contributed by atoms with E-state index >= 15 is 0 Å². The third-order valence-corrected chi connectivity index (χ3v) is 4.65. The van der Waals surface area contributed by atoms with E-state index in [1.165, 1.54) is 4.90 Å². The fraction of sp³-hybridized carbons (Fsp3) is 0.333. The standard InChI is InChI=1S/C18H18N4O3/c1-3-21-10-15(11(2)19-21)16-8-12(20-25-16)9-22-17(23)13-6-4-5-7-14(13)18(22)24/h4-8,10,13-14H,3,9H2,1-2H3. The summed E-state index contributed by atoms with van der Waals surface area (Å²) in [4.78, 5) is 26.2. The molecule has 1 fully saturated rings. The molecular weight excluding hydrogens is 320 g/mol. The summed E-state index contributed by atoms with van der Waals surface area (Å²) in [5.74, 6) is -0.573. The van der Waals surface area contributed by atoms with Gasteiger partial charge in [-0.3, -0.25) is 19.2 Å². The van der Waals surface area contributed by atoms with Crippen molar-refractivity contribution >= 4 is 11.8 Å². The molecule has 0 N–H and O–H groups in total. The first kappa shape index (κ1) is 15.6. The van der Waals surface area contributed by atoms with Gasteiger partial charge in [-0.1, -0.05) is 29.5 Å². The van der Waals surface area contributed by atoms with Gasteiger partial charge in [0, 0.05) is 18.8 Å². The highest BCUT2D eigenvalue weighted by atomic mass is 16.5. The van der Waals surface area contributed by atoms with Crippen LogP contribution in [0.2, 0.25) is 0 Å². The van der Waals surface area contributed by atoms with Crippen LogP contribution in [0.3, 0.4) is 0 Å². The summed E-state index contributed by atoms with van der Waals surface area (Å²) < 4.78 is 7.23. The number of aromatic nitrogens is 3. The van der Waals surface area contributed by atoms with Crippen LogP contribution in [0.15, 0.2) is 41.1 Å². The van der Waals surface area contributed by atoms with Crippen molar-refractivity contribution in [1.82, 2.24) is 19.8 Å². The molecule has 1 aliphatic carbocycles. The Morgan fingerprint density at radius 3 is 2.44 bits per heavy atom. The maximum Gasteiger partial charge on any atom is 0.237 e. The molecule has 128 valence electrons. The first-order valence-corrected chi connectivity index (χ1v) is 8.28. The highest BCUT2D eigenvalue weighted by molar-refractivity contribution is 6.07. The Morgan fingerprint density at radius 1 is 1.16 bits per heavy atom. The normalized spacial score (nSPS) is 22.1. The van der Waals surface area contributed by atoms with E-state index in [0.29, 0.717) is 11.5 Å². The molecule has 0 radical (unpaired) electrons. The quantitative estimate of drug-likeness (QED) is 0.798. The van der Waals surface area contributed by atoms with Crippen LogP contribution in [-0.2, 0) is 22.7 Å². The van der Waals surface area contributed by atoms with Gasteiger partial charge in [0.15, 0.2) is 5.76 Å². The molecule has 1 aliphatic heterocycles. The number of allylic oxidation sites excluding steroid dienone is 2. The number of aryl methyl sites for hydroxylation is 2. The van der Waals surface area contributed by atoms with Gasteiger partial charge < -0.3 is 4.52 Å². The first-order valence-electron chi connectivity index (χ1n) is 8.28. The predicted octanol–water partition coefficient (Wildman–Crippen LogP) is 2.09. The van der Waals surface area contributed by atoms with E-state index in [9.17, 15) is 9.59 Å². The summed E-state index contributed by atoms with van der Waals surface area (Å²) in [6, 6.07) is 1.76. The number of rotatable bonds is 4. The molecule has 0 spiro atoms. The lowest BCUT2D eigenvalue weighted by Gasteiger charge is -2.11. The van der Waals surface area contributed by atoms with Gasteiger partial charge in [-0.25, -0.2) is 0 Å². The monoisotopic (exact) mass is 338 g/mol. The molecule has 0 bridgehead atoms. The maximum absolute atomic E-state index is 12.5. The fourth-order valence-electron chi connectivity index (χ4n) is 3.30. The summed E-state index contributed by atoms with van der Waals surface area (Å²) in [5.41, 5.74) is 2.25. The SMILES string of the molecule is CCn1cc(-c2cc(CN3C(=O)C4C=CC=CC4C3=O)no2)c(C)n1. The molecule has 3 heterocycles. The van der Waals surface area contributed by atoms with Crippen LogP contribution in [0.5, 0.6) is 0 Å². The number of nitrogens with zero attached hydrogens (tertiary/aromatic N) is 4. The molecule has 7 heteroatoms. The van der Waals surface area contributed by atoms with Crippen LogP contribution in [-0.4, -0.2) is 31.7 Å². The lowest BCUT2D eigenvalue weighted by atomic mass is 9.91. The Bertz CT molecular complexity index is 875. The lowest BCUT2D eigenvalue weighted by molar-refractivity contribution is -0.140. The average molecular weight is 338 g/mol. The molecule has 1 saturated heterocycles. The minimum atomic E-state index is -0.395. The molecular formula is C18H18N4O3. The fourth-order valence-corrected chi connectivity index (χ4v) is 3.30. The topological polar surface area (TPSA) is 81.2 Å². The minimum absolute atomic E-state index is 0.122. The van der Waals surface area contributed by atoms with Gasteiger partial charge in [0.1, 0.15) is 5.69 Å². The second-order valence-electron chi connectivity index (χ2n) is 6.25. The Hall–Kier alpha value is -2.96. The second kappa shape index (κ2) is 5.84. The number of fused-ring (bicyclic) bond motifs is 1. The van der Waals surface area contributed by atoms with E-state index in [1.807, 2.05) is 24.7 Å². The third kappa shape index (κ3) is 2.52. The van der Waals surface area contributed by atoms with Crippen molar-refractivity contribution in [3.63, 3.8) is 0 Å². The molecule has 0 saturated carbocycles. The average Bonchev–Trinajstić information content (AvgIpc) is 3.29. The summed E-state index contributed by atoms with van der Waals surface area (Å²) in [6.07, 6.45) is 9.07. The zero-order chi connectivity index (χ0) is 17.6.